The van der Waals surface area contributed by atoms with E-state index in [2.05, 4.69) is 14.9 Å². The van der Waals surface area contributed by atoms with Crippen LogP contribution in [0.3, 0.4) is 0 Å². The normalized spacial score (nSPS) is 25.4. The number of hydrogen-bond donors (Lipinski definition) is 2. The van der Waals surface area contributed by atoms with E-state index in [1.165, 1.54) is 6.33 Å². The van der Waals surface area contributed by atoms with E-state index in [0.29, 0.717) is 18.8 Å². The van der Waals surface area contributed by atoms with E-state index >= 15 is 0 Å². The van der Waals surface area contributed by atoms with Crippen LogP contribution in [0.4, 0.5) is 11.6 Å². The Morgan fingerprint density at radius 1 is 1.24 bits per heavy atom. The maximum absolute atomic E-state index is 12.5. The van der Waals surface area contributed by atoms with Crippen LogP contribution in [-0.4, -0.2) is 57.5 Å². The lowest BCUT2D eigenvalue weighted by Crippen LogP contribution is -2.43. The number of carboxylic acid groups (broad SMARTS) is 1. The van der Waals surface area contributed by atoms with Crippen LogP contribution in [0.15, 0.2) is 12.4 Å². The molecule has 1 aliphatic carbocycles. The fourth-order valence-electron chi connectivity index (χ4n) is 4.18. The van der Waals surface area contributed by atoms with Crippen molar-refractivity contribution in [3.8, 4) is 0 Å². The molecule has 8 nitrogen and oxygen atoms in total. The second kappa shape index (κ2) is 5.86. The molecule has 0 bridgehead atoms. The van der Waals surface area contributed by atoms with Crippen LogP contribution in [0.2, 0.25) is 0 Å². The molecular formula is C17H23N5O3. The number of likely N-dealkylation sites (tertiary alicyclic amines) is 1. The van der Waals surface area contributed by atoms with Crippen molar-refractivity contribution in [3.05, 3.63) is 12.4 Å². The zero-order valence-electron chi connectivity index (χ0n) is 14.1. The molecule has 3 fully saturated rings. The highest BCUT2D eigenvalue weighted by atomic mass is 16.4. The van der Waals surface area contributed by atoms with E-state index in [0.717, 1.165) is 44.6 Å². The summed E-state index contributed by atoms with van der Waals surface area (Å²) < 4.78 is 0. The minimum atomic E-state index is -0.878. The van der Waals surface area contributed by atoms with Crippen molar-refractivity contribution in [3.63, 3.8) is 0 Å². The van der Waals surface area contributed by atoms with Gasteiger partial charge >= 0.3 is 5.97 Å². The Hall–Kier alpha value is -2.38. The summed E-state index contributed by atoms with van der Waals surface area (Å²) in [7, 11) is 0. The molecule has 3 aliphatic rings. The number of nitrogens with zero attached hydrogens (tertiary/aromatic N) is 4. The molecule has 1 atom stereocenters. The number of hydrogen-bond acceptors (Lipinski definition) is 6. The molecule has 8 heteroatoms. The van der Waals surface area contributed by atoms with Gasteiger partial charge in [-0.15, -0.1) is 0 Å². The summed E-state index contributed by atoms with van der Waals surface area (Å²) in [5.74, 6) is 0.465. The Morgan fingerprint density at radius 3 is 2.56 bits per heavy atom. The topological polar surface area (TPSA) is 113 Å². The number of nitrogens with two attached hydrogens (primary N) is 1. The third-order valence-electron chi connectivity index (χ3n) is 5.82. The van der Waals surface area contributed by atoms with E-state index in [1.54, 1.807) is 11.0 Å². The standard InChI is InChI=1S/C17H23N5O3/c18-13-7-14(20-10-19-13)21-5-3-17(4-6-21)8-12(16(24)25)22(9-17)15(23)11-1-2-11/h7,10-12H,1-6,8-9H2,(H,24,25)(H2,18,19,20)/t12-/m0/s1. The monoisotopic (exact) mass is 345 g/mol. The maximum Gasteiger partial charge on any atom is 0.326 e. The smallest absolute Gasteiger partial charge is 0.326 e. The van der Waals surface area contributed by atoms with Crippen LogP contribution in [0.5, 0.6) is 0 Å². The van der Waals surface area contributed by atoms with Gasteiger partial charge in [0, 0.05) is 31.6 Å². The van der Waals surface area contributed by atoms with Crippen LogP contribution >= 0.6 is 0 Å². The minimum Gasteiger partial charge on any atom is -0.480 e. The predicted octanol–water partition coefficient (Wildman–Crippen LogP) is 0.741. The maximum atomic E-state index is 12.5. The fourth-order valence-corrected chi connectivity index (χ4v) is 4.18. The third kappa shape index (κ3) is 3.01. The number of carbonyl (C=O) groups excluding carboxylic acids is 1. The molecule has 2 saturated heterocycles. The molecule has 0 radical (unpaired) electrons. The fraction of sp³-hybridized carbons (Fsp3) is 0.647. The van der Waals surface area contributed by atoms with Crippen molar-refractivity contribution in [1.82, 2.24) is 14.9 Å². The summed E-state index contributed by atoms with van der Waals surface area (Å²) in [4.78, 5) is 36.2. The van der Waals surface area contributed by atoms with Gasteiger partial charge in [0.05, 0.1) is 0 Å². The summed E-state index contributed by atoms with van der Waals surface area (Å²) in [5.41, 5.74) is 5.64. The summed E-state index contributed by atoms with van der Waals surface area (Å²) in [6, 6.07) is 1.09. The summed E-state index contributed by atoms with van der Waals surface area (Å²) in [6.45, 7) is 2.14. The molecule has 0 unspecified atom stereocenters. The SMILES string of the molecule is Nc1cc(N2CCC3(CC2)C[C@@H](C(=O)O)N(C(=O)C2CC2)C3)ncn1. The number of nitrogen functional groups attached to an aromatic ring is 1. The van der Waals surface area contributed by atoms with E-state index in [9.17, 15) is 14.7 Å². The molecule has 134 valence electrons. The Balaban J connectivity index is 1.46. The first-order valence-corrected chi connectivity index (χ1v) is 8.83. The van der Waals surface area contributed by atoms with Crippen molar-refractivity contribution in [2.75, 3.05) is 30.3 Å². The van der Waals surface area contributed by atoms with Crippen molar-refractivity contribution in [2.24, 2.45) is 11.3 Å². The van der Waals surface area contributed by atoms with Gasteiger partial charge < -0.3 is 20.6 Å². The lowest BCUT2D eigenvalue weighted by Gasteiger charge is -2.39. The van der Waals surface area contributed by atoms with Gasteiger partial charge in [0.15, 0.2) is 0 Å². The highest BCUT2D eigenvalue weighted by molar-refractivity contribution is 5.87. The molecular weight excluding hydrogens is 322 g/mol. The van der Waals surface area contributed by atoms with Crippen LogP contribution in [0.1, 0.15) is 32.1 Å². The molecule has 3 heterocycles. The van der Waals surface area contributed by atoms with Gasteiger partial charge in [-0.3, -0.25) is 4.79 Å². The first-order valence-electron chi connectivity index (χ1n) is 8.83. The first-order chi connectivity index (χ1) is 12.0. The number of amides is 1. The summed E-state index contributed by atoms with van der Waals surface area (Å²) in [6.07, 6.45) is 5.53. The Morgan fingerprint density at radius 2 is 1.96 bits per heavy atom. The highest BCUT2D eigenvalue weighted by Gasteiger charge is 2.51. The number of piperidine rings is 1. The summed E-state index contributed by atoms with van der Waals surface area (Å²) >= 11 is 0. The van der Waals surface area contributed by atoms with Crippen LogP contribution < -0.4 is 10.6 Å². The van der Waals surface area contributed by atoms with Gasteiger partial charge in [0.25, 0.3) is 0 Å². The molecule has 1 aromatic heterocycles. The quantitative estimate of drug-likeness (QED) is 0.831. The predicted molar refractivity (Wildman–Crippen MR) is 90.8 cm³/mol. The van der Waals surface area contributed by atoms with Crippen LogP contribution in [0, 0.1) is 11.3 Å². The molecule has 25 heavy (non-hydrogen) atoms. The zero-order chi connectivity index (χ0) is 17.6. The Labute approximate surface area is 146 Å². The van der Waals surface area contributed by atoms with E-state index in [1.807, 2.05) is 0 Å². The molecule has 3 N–H and O–H groups in total. The van der Waals surface area contributed by atoms with Gasteiger partial charge in [0.1, 0.15) is 24.0 Å². The van der Waals surface area contributed by atoms with E-state index in [-0.39, 0.29) is 17.2 Å². The van der Waals surface area contributed by atoms with Crippen molar-refractivity contribution in [2.45, 2.75) is 38.1 Å². The third-order valence-corrected chi connectivity index (χ3v) is 5.82. The number of aliphatic carboxylic acids is 1. The zero-order valence-corrected chi connectivity index (χ0v) is 14.1. The second-order valence-corrected chi connectivity index (χ2v) is 7.59. The largest absolute Gasteiger partial charge is 0.480 e. The first kappa shape index (κ1) is 16.1. The average molecular weight is 345 g/mol. The van der Waals surface area contributed by atoms with Crippen molar-refractivity contribution in [1.29, 1.82) is 0 Å². The van der Waals surface area contributed by atoms with E-state index in [4.69, 9.17) is 5.73 Å². The van der Waals surface area contributed by atoms with Gasteiger partial charge in [0.2, 0.25) is 5.91 Å². The van der Waals surface area contributed by atoms with E-state index < -0.39 is 12.0 Å². The number of aromatic nitrogens is 2. The van der Waals surface area contributed by atoms with Crippen molar-refractivity contribution >= 4 is 23.5 Å². The van der Waals surface area contributed by atoms with Gasteiger partial charge in [-0.2, -0.15) is 0 Å². The number of rotatable bonds is 3. The lowest BCUT2D eigenvalue weighted by atomic mass is 9.76. The molecule has 1 saturated carbocycles. The molecule has 1 aromatic rings. The minimum absolute atomic E-state index is 0.0373. The number of carbonyl (C=O) groups is 2. The highest BCUT2D eigenvalue weighted by Crippen LogP contribution is 2.46. The van der Waals surface area contributed by atoms with Gasteiger partial charge in [-0.25, -0.2) is 14.8 Å². The van der Waals surface area contributed by atoms with Crippen LogP contribution in [0.25, 0.3) is 0 Å². The lowest BCUT2D eigenvalue weighted by molar-refractivity contribution is -0.148. The van der Waals surface area contributed by atoms with Gasteiger partial charge in [-0.1, -0.05) is 0 Å². The summed E-state index contributed by atoms with van der Waals surface area (Å²) in [5, 5.41) is 9.57. The van der Waals surface area contributed by atoms with Crippen molar-refractivity contribution < 1.29 is 14.7 Å². The Kier molecular flexibility index (Phi) is 3.77. The number of carboxylic acids is 1. The molecule has 2 aliphatic heterocycles. The molecule has 0 aromatic carbocycles. The molecule has 1 spiro atoms. The number of anilines is 2. The van der Waals surface area contributed by atoms with Gasteiger partial charge in [-0.05, 0) is 37.5 Å². The van der Waals surface area contributed by atoms with Crippen LogP contribution in [-0.2, 0) is 9.59 Å². The molecule has 4 rings (SSSR count). The Bertz CT molecular complexity index is 697. The molecule has 1 amide bonds. The average Bonchev–Trinajstić information content (AvgIpc) is 3.37. The second-order valence-electron chi connectivity index (χ2n) is 7.59.